The van der Waals surface area contributed by atoms with Crippen molar-refractivity contribution in [1.82, 2.24) is 10.2 Å². The molecule has 12 heteroatoms. The molecule has 2 heterocycles. The van der Waals surface area contributed by atoms with Gasteiger partial charge in [-0.25, -0.2) is 0 Å². The molecule has 2 aromatic carbocycles. The summed E-state index contributed by atoms with van der Waals surface area (Å²) in [6.45, 7) is 0.169. The topological polar surface area (TPSA) is 102 Å². The standard InChI is InChI=1S/C18H12Cl2N4O4S2/c19-9-1-3-11(12(20)5-9)16(26)22-17-23-24-18(30-17)29-7-15(25)21-10-2-4-13-14(6-10)28-8-27-13/h1-6H,7-8H2,(H,21,25)(H,22,23,26). The predicted molar refractivity (Wildman–Crippen MR) is 116 cm³/mol. The largest absolute Gasteiger partial charge is 0.454 e. The molecule has 0 saturated carbocycles. The SMILES string of the molecule is O=C(CSc1nnc(NC(=O)c2ccc(Cl)cc2Cl)s1)Nc1ccc2c(c1)OCO2. The van der Waals surface area contributed by atoms with Gasteiger partial charge in [0, 0.05) is 16.8 Å². The Balaban J connectivity index is 1.30. The Morgan fingerprint density at radius 1 is 1.07 bits per heavy atom. The molecule has 2 amide bonds. The lowest BCUT2D eigenvalue weighted by Crippen LogP contribution is -2.13. The fourth-order valence-corrected chi connectivity index (χ4v) is 4.50. The molecule has 1 aromatic heterocycles. The minimum absolute atomic E-state index is 0.125. The first-order chi connectivity index (χ1) is 14.5. The van der Waals surface area contributed by atoms with Gasteiger partial charge in [-0.1, -0.05) is 46.3 Å². The maximum Gasteiger partial charge on any atom is 0.259 e. The molecule has 0 unspecified atom stereocenters. The zero-order valence-corrected chi connectivity index (χ0v) is 18.1. The van der Waals surface area contributed by atoms with Crippen LogP contribution in [0.1, 0.15) is 10.4 Å². The number of fused-ring (bicyclic) bond motifs is 1. The Kier molecular flexibility index (Phi) is 6.28. The van der Waals surface area contributed by atoms with Crippen molar-refractivity contribution >= 4 is 68.9 Å². The van der Waals surface area contributed by atoms with E-state index in [-0.39, 0.29) is 29.0 Å². The monoisotopic (exact) mass is 482 g/mol. The lowest BCUT2D eigenvalue weighted by atomic mass is 10.2. The Labute approximate surface area is 188 Å². The summed E-state index contributed by atoms with van der Waals surface area (Å²) >= 11 is 14.2. The average Bonchev–Trinajstić information content (AvgIpc) is 3.35. The van der Waals surface area contributed by atoms with E-state index in [1.165, 1.54) is 23.9 Å². The maximum atomic E-state index is 12.3. The number of carbonyl (C=O) groups excluding carboxylic acids is 2. The van der Waals surface area contributed by atoms with Gasteiger partial charge in [0.1, 0.15) is 0 Å². The molecule has 30 heavy (non-hydrogen) atoms. The second kappa shape index (κ2) is 9.09. The van der Waals surface area contributed by atoms with Gasteiger partial charge in [-0.2, -0.15) is 0 Å². The van der Waals surface area contributed by atoms with Crippen LogP contribution in [-0.2, 0) is 4.79 Å². The van der Waals surface area contributed by atoms with Crippen molar-refractivity contribution in [2.24, 2.45) is 0 Å². The van der Waals surface area contributed by atoms with Crippen molar-refractivity contribution in [1.29, 1.82) is 0 Å². The van der Waals surface area contributed by atoms with Crippen molar-refractivity contribution in [2.75, 3.05) is 23.2 Å². The minimum atomic E-state index is -0.426. The smallest absolute Gasteiger partial charge is 0.259 e. The molecular weight excluding hydrogens is 471 g/mol. The number of amides is 2. The molecule has 0 radical (unpaired) electrons. The minimum Gasteiger partial charge on any atom is -0.454 e. The normalized spacial score (nSPS) is 11.9. The third-order valence-electron chi connectivity index (χ3n) is 3.79. The highest BCUT2D eigenvalue weighted by Crippen LogP contribution is 2.34. The fourth-order valence-electron chi connectivity index (χ4n) is 2.46. The van der Waals surface area contributed by atoms with E-state index in [1.54, 1.807) is 24.3 Å². The Morgan fingerprint density at radius 3 is 2.73 bits per heavy atom. The number of aromatic nitrogens is 2. The molecule has 154 valence electrons. The van der Waals surface area contributed by atoms with Crippen molar-refractivity contribution in [3.8, 4) is 11.5 Å². The van der Waals surface area contributed by atoms with Crippen LogP contribution >= 0.6 is 46.3 Å². The first-order valence-electron chi connectivity index (χ1n) is 8.40. The van der Waals surface area contributed by atoms with E-state index in [4.69, 9.17) is 32.7 Å². The molecule has 1 aliphatic rings. The summed E-state index contributed by atoms with van der Waals surface area (Å²) in [6, 6.07) is 9.75. The predicted octanol–water partition coefficient (Wildman–Crippen LogP) is 4.56. The van der Waals surface area contributed by atoms with E-state index in [0.29, 0.717) is 31.7 Å². The second-order valence-electron chi connectivity index (χ2n) is 5.86. The van der Waals surface area contributed by atoms with Gasteiger partial charge >= 0.3 is 0 Å². The summed E-state index contributed by atoms with van der Waals surface area (Å²) in [5.74, 6) is 0.717. The molecule has 0 aliphatic carbocycles. The van der Waals surface area contributed by atoms with Gasteiger partial charge in [0.2, 0.25) is 17.8 Å². The Hall–Kier alpha value is -2.53. The van der Waals surface area contributed by atoms with E-state index in [9.17, 15) is 9.59 Å². The second-order valence-corrected chi connectivity index (χ2v) is 8.90. The van der Waals surface area contributed by atoms with Crippen LogP contribution in [-0.4, -0.2) is 34.6 Å². The number of nitrogens with one attached hydrogen (secondary N) is 2. The van der Waals surface area contributed by atoms with Gasteiger partial charge < -0.3 is 14.8 Å². The molecule has 4 rings (SSSR count). The number of anilines is 2. The van der Waals surface area contributed by atoms with Crippen LogP contribution in [0.25, 0.3) is 0 Å². The molecule has 2 N–H and O–H groups in total. The molecule has 0 saturated heterocycles. The van der Waals surface area contributed by atoms with Crippen molar-refractivity contribution in [3.05, 3.63) is 52.0 Å². The highest BCUT2D eigenvalue weighted by atomic mass is 35.5. The molecule has 8 nitrogen and oxygen atoms in total. The van der Waals surface area contributed by atoms with Gasteiger partial charge in [0.05, 0.1) is 16.3 Å². The summed E-state index contributed by atoms with van der Waals surface area (Å²) in [7, 11) is 0. The summed E-state index contributed by atoms with van der Waals surface area (Å²) < 4.78 is 11.1. The van der Waals surface area contributed by atoms with Crippen LogP contribution in [0.5, 0.6) is 11.5 Å². The third-order valence-corrected chi connectivity index (χ3v) is 6.31. The average molecular weight is 483 g/mol. The van der Waals surface area contributed by atoms with Crippen molar-refractivity contribution in [3.63, 3.8) is 0 Å². The van der Waals surface area contributed by atoms with E-state index >= 15 is 0 Å². The lowest BCUT2D eigenvalue weighted by Gasteiger charge is -2.05. The Morgan fingerprint density at radius 2 is 1.90 bits per heavy atom. The van der Waals surface area contributed by atoms with Crippen LogP contribution in [0.3, 0.4) is 0 Å². The molecule has 0 bridgehead atoms. The summed E-state index contributed by atoms with van der Waals surface area (Å²) in [4.78, 5) is 24.5. The van der Waals surface area contributed by atoms with Crippen LogP contribution in [0.15, 0.2) is 40.7 Å². The van der Waals surface area contributed by atoms with E-state index < -0.39 is 5.91 Å². The summed E-state index contributed by atoms with van der Waals surface area (Å²) in [5.41, 5.74) is 0.878. The zero-order chi connectivity index (χ0) is 21.1. The number of hydrogen-bond acceptors (Lipinski definition) is 8. The molecule has 0 atom stereocenters. The zero-order valence-electron chi connectivity index (χ0n) is 15.0. The van der Waals surface area contributed by atoms with Crippen LogP contribution < -0.4 is 20.1 Å². The maximum absolute atomic E-state index is 12.3. The number of hydrogen-bond donors (Lipinski definition) is 2. The van der Waals surface area contributed by atoms with Crippen LogP contribution in [0.2, 0.25) is 10.0 Å². The van der Waals surface area contributed by atoms with Gasteiger partial charge in [0.25, 0.3) is 5.91 Å². The van der Waals surface area contributed by atoms with Crippen molar-refractivity contribution < 1.29 is 19.1 Å². The van der Waals surface area contributed by atoms with Crippen molar-refractivity contribution in [2.45, 2.75) is 4.34 Å². The van der Waals surface area contributed by atoms with E-state index in [1.807, 2.05) is 0 Å². The van der Waals surface area contributed by atoms with Gasteiger partial charge in [0.15, 0.2) is 15.8 Å². The number of nitrogens with zero attached hydrogens (tertiary/aromatic N) is 2. The fraction of sp³-hybridized carbons (Fsp3) is 0.111. The third kappa shape index (κ3) is 4.96. The van der Waals surface area contributed by atoms with Crippen LogP contribution in [0, 0.1) is 0 Å². The molecule has 0 spiro atoms. The molecule has 3 aromatic rings. The number of carbonyl (C=O) groups is 2. The number of rotatable bonds is 6. The molecule has 1 aliphatic heterocycles. The number of halogens is 2. The van der Waals surface area contributed by atoms with Crippen LogP contribution in [0.4, 0.5) is 10.8 Å². The number of ether oxygens (including phenoxy) is 2. The summed E-state index contributed by atoms with van der Waals surface area (Å²) in [5, 5.41) is 14.3. The van der Waals surface area contributed by atoms with Gasteiger partial charge in [-0.15, -0.1) is 10.2 Å². The van der Waals surface area contributed by atoms with Gasteiger partial charge in [-0.3, -0.25) is 14.9 Å². The highest BCUT2D eigenvalue weighted by molar-refractivity contribution is 8.01. The molecule has 0 fully saturated rings. The lowest BCUT2D eigenvalue weighted by molar-refractivity contribution is -0.113. The van der Waals surface area contributed by atoms with Gasteiger partial charge in [-0.05, 0) is 30.3 Å². The van der Waals surface area contributed by atoms with E-state index in [2.05, 4.69) is 20.8 Å². The van der Waals surface area contributed by atoms with E-state index in [0.717, 1.165) is 11.3 Å². The first kappa shape index (κ1) is 20.7. The Bertz CT molecular complexity index is 1130. The molecular formula is C18H12Cl2N4O4S2. The summed E-state index contributed by atoms with van der Waals surface area (Å²) in [6.07, 6.45) is 0. The quantitative estimate of drug-likeness (QED) is 0.392. The first-order valence-corrected chi connectivity index (χ1v) is 11.0. The number of thioether (sulfide) groups is 1. The highest BCUT2D eigenvalue weighted by Gasteiger charge is 2.16. The number of benzene rings is 2.